The van der Waals surface area contributed by atoms with Crippen molar-refractivity contribution in [2.24, 2.45) is 0 Å². The van der Waals surface area contributed by atoms with Gasteiger partial charge in [-0.2, -0.15) is 0 Å². The molecule has 200 valence electrons. The van der Waals surface area contributed by atoms with E-state index in [0.29, 0.717) is 21.4 Å². The van der Waals surface area contributed by atoms with Gasteiger partial charge in [-0.3, -0.25) is 0 Å². The Bertz CT molecular complexity index is 1390. The standard InChI is InChI=1S/C24H20Cl6N4O2P2/c25-17-9-13-19(14-10-17)31-37(27,28)33(21-5-1-3-7-23(21)35)38(29,30,32-20-15-11-18(26)12-16-20)34(37)22-6-2-4-8-24(22)36/h1-16,31-32,35-36H. The van der Waals surface area contributed by atoms with E-state index in [9.17, 15) is 10.2 Å². The number of halogens is 6. The van der Waals surface area contributed by atoms with Crippen LogP contribution >= 0.6 is 79.7 Å². The van der Waals surface area contributed by atoms with Crippen LogP contribution in [0.4, 0.5) is 22.7 Å². The number of nitrogens with zero attached hydrogens (tertiary/aromatic N) is 2. The van der Waals surface area contributed by atoms with Gasteiger partial charge in [-0.15, -0.1) is 0 Å². The Morgan fingerprint density at radius 1 is 0.500 bits per heavy atom. The van der Waals surface area contributed by atoms with Crippen molar-refractivity contribution in [2.45, 2.75) is 0 Å². The third-order valence-corrected chi connectivity index (χ3v) is 22.4. The van der Waals surface area contributed by atoms with Crippen LogP contribution in [0, 0.1) is 0 Å². The van der Waals surface area contributed by atoms with Crippen LogP contribution in [0.25, 0.3) is 0 Å². The summed E-state index contributed by atoms with van der Waals surface area (Å²) in [4.78, 5) is 0. The molecule has 0 amide bonds. The maximum atomic E-state index is 11.0. The van der Waals surface area contributed by atoms with Gasteiger partial charge in [0.2, 0.25) is 0 Å². The molecule has 0 spiro atoms. The summed E-state index contributed by atoms with van der Waals surface area (Å²) in [5.74, 6) is -9.81. The summed E-state index contributed by atoms with van der Waals surface area (Å²) >= 11 is 42.3. The molecule has 1 saturated heterocycles. The van der Waals surface area contributed by atoms with Gasteiger partial charge in [-0.1, -0.05) is 0 Å². The van der Waals surface area contributed by atoms with Crippen LogP contribution in [0.1, 0.15) is 0 Å². The van der Waals surface area contributed by atoms with Gasteiger partial charge in [-0.05, 0) is 0 Å². The average molecular weight is 671 g/mol. The van der Waals surface area contributed by atoms with Crippen molar-refractivity contribution in [3.8, 4) is 11.5 Å². The van der Waals surface area contributed by atoms with E-state index in [-0.39, 0.29) is 22.9 Å². The van der Waals surface area contributed by atoms with Crippen LogP contribution in [0.2, 0.25) is 10.0 Å². The second kappa shape index (κ2) is 9.44. The Labute approximate surface area is 248 Å². The average Bonchev–Trinajstić information content (AvgIpc) is 2.84. The summed E-state index contributed by atoms with van der Waals surface area (Å²) in [6, 6.07) is 26.2. The molecule has 1 heterocycles. The molecule has 4 N–H and O–H groups in total. The van der Waals surface area contributed by atoms with Crippen molar-refractivity contribution in [1.29, 1.82) is 0 Å². The summed E-state index contributed by atoms with van der Waals surface area (Å²) in [6.07, 6.45) is 0. The number of rotatable bonds is 6. The predicted molar refractivity (Wildman–Crippen MR) is 169 cm³/mol. The van der Waals surface area contributed by atoms with Gasteiger partial charge in [0, 0.05) is 0 Å². The van der Waals surface area contributed by atoms with Gasteiger partial charge in [-0.25, -0.2) is 0 Å². The molecule has 0 bridgehead atoms. The first-order valence-electron chi connectivity index (χ1n) is 11.0. The molecular weight excluding hydrogens is 651 g/mol. The summed E-state index contributed by atoms with van der Waals surface area (Å²) < 4.78 is 2.82. The fourth-order valence-electron chi connectivity index (χ4n) is 4.31. The number of phenolic OH excluding ortho intramolecular Hbond substituents is 2. The zero-order valence-electron chi connectivity index (χ0n) is 19.2. The summed E-state index contributed by atoms with van der Waals surface area (Å²) in [7, 11) is 0. The summed E-state index contributed by atoms with van der Waals surface area (Å²) in [6.45, 7) is 0. The number of anilines is 4. The van der Waals surface area contributed by atoms with Crippen molar-refractivity contribution in [2.75, 3.05) is 19.1 Å². The van der Waals surface area contributed by atoms with Crippen molar-refractivity contribution < 1.29 is 10.2 Å². The van der Waals surface area contributed by atoms with E-state index in [0.717, 1.165) is 0 Å². The van der Waals surface area contributed by atoms with Crippen LogP contribution in [0.3, 0.4) is 0 Å². The van der Waals surface area contributed by atoms with Crippen molar-refractivity contribution in [1.82, 2.24) is 0 Å². The molecule has 0 radical (unpaired) electrons. The molecule has 4 aromatic rings. The fraction of sp³-hybridized carbons (Fsp3) is 0. The number of aromatic hydroxyl groups is 2. The van der Waals surface area contributed by atoms with Gasteiger partial charge < -0.3 is 0 Å². The van der Waals surface area contributed by atoms with Crippen LogP contribution in [-0.4, -0.2) is 10.2 Å². The second-order valence-corrected chi connectivity index (χ2v) is 24.0. The molecule has 1 aliphatic rings. The number of phenols is 2. The predicted octanol–water partition coefficient (Wildman–Crippen LogP) is 11.2. The third kappa shape index (κ3) is 4.46. The zero-order chi connectivity index (χ0) is 27.4. The topological polar surface area (TPSA) is 71.0 Å². The van der Waals surface area contributed by atoms with E-state index in [1.54, 1.807) is 84.9 Å². The summed E-state index contributed by atoms with van der Waals surface area (Å²) in [5.41, 5.74) is 1.34. The van der Waals surface area contributed by atoms with E-state index in [2.05, 4.69) is 10.2 Å². The molecule has 0 aromatic heterocycles. The molecule has 1 aliphatic heterocycles. The van der Waals surface area contributed by atoms with Crippen LogP contribution < -0.4 is 19.1 Å². The van der Waals surface area contributed by atoms with Crippen LogP contribution in [0.15, 0.2) is 97.1 Å². The fourth-order valence-corrected chi connectivity index (χ4v) is 28.8. The van der Waals surface area contributed by atoms with Gasteiger partial charge in [0.25, 0.3) is 0 Å². The Kier molecular flexibility index (Phi) is 6.91. The minimum absolute atomic E-state index is 0.161. The molecule has 5 rings (SSSR count). The molecule has 6 nitrogen and oxygen atoms in total. The van der Waals surface area contributed by atoms with Crippen LogP contribution in [0.5, 0.6) is 11.5 Å². The quantitative estimate of drug-likeness (QED) is 0.153. The molecule has 0 aliphatic carbocycles. The second-order valence-electron chi connectivity index (χ2n) is 8.44. The van der Waals surface area contributed by atoms with E-state index in [1.807, 2.05) is 0 Å². The molecule has 0 unspecified atom stereocenters. The van der Waals surface area contributed by atoms with Gasteiger partial charge in [0.05, 0.1) is 0 Å². The molecule has 38 heavy (non-hydrogen) atoms. The van der Waals surface area contributed by atoms with Crippen molar-refractivity contribution >= 4 is 102 Å². The third-order valence-electron chi connectivity index (χ3n) is 5.80. The van der Waals surface area contributed by atoms with Gasteiger partial charge in [0.1, 0.15) is 0 Å². The maximum absolute atomic E-state index is 11.0. The molecule has 0 atom stereocenters. The molecule has 14 heteroatoms. The zero-order valence-corrected chi connectivity index (χ0v) is 25.5. The molecular formula is C24H20Cl6N4O2P2. The van der Waals surface area contributed by atoms with E-state index < -0.39 is 11.5 Å². The first-order valence-corrected chi connectivity index (χ1v) is 19.7. The van der Waals surface area contributed by atoms with E-state index in [4.69, 9.17) is 68.2 Å². The Morgan fingerprint density at radius 3 is 1.13 bits per heavy atom. The van der Waals surface area contributed by atoms with Crippen LogP contribution in [-0.2, 0) is 0 Å². The Balaban J connectivity index is 1.80. The van der Waals surface area contributed by atoms with E-state index in [1.165, 1.54) is 21.0 Å². The first-order chi connectivity index (χ1) is 17.8. The Hall–Kier alpha value is -1.72. The minimum atomic E-state index is -4.75. The SMILES string of the molecule is Oc1ccccc1N1P(Cl)(Cl)(Nc2ccc(Cl)cc2)N(c2ccccc2O)P1(Cl)(Cl)Nc1ccc(Cl)cc1. The van der Waals surface area contributed by atoms with Gasteiger partial charge >= 0.3 is 250 Å². The monoisotopic (exact) mass is 668 g/mol. The van der Waals surface area contributed by atoms with Crippen molar-refractivity contribution in [3.05, 3.63) is 107 Å². The van der Waals surface area contributed by atoms with Gasteiger partial charge in [0.15, 0.2) is 0 Å². The summed E-state index contributed by atoms with van der Waals surface area (Å²) in [5, 5.41) is 29.4. The number of para-hydroxylation sites is 4. The molecule has 0 saturated carbocycles. The normalized spacial score (nSPS) is 20.6. The van der Waals surface area contributed by atoms with E-state index >= 15 is 0 Å². The number of benzene rings is 4. The Morgan fingerprint density at radius 2 is 0.816 bits per heavy atom. The molecule has 1 fully saturated rings. The molecule has 4 aromatic carbocycles. The number of hydrogen-bond donors (Lipinski definition) is 4. The number of nitrogens with one attached hydrogen (secondary N) is 2. The first kappa shape index (κ1) is 27.8. The van der Waals surface area contributed by atoms with Crippen molar-refractivity contribution in [3.63, 3.8) is 0 Å². The number of hydrogen-bond acceptors (Lipinski definition) is 6.